The lowest BCUT2D eigenvalue weighted by Crippen LogP contribution is -2.40. The van der Waals surface area contributed by atoms with Crippen LogP contribution in [0.25, 0.3) is 0 Å². The molecule has 0 atom stereocenters. The van der Waals surface area contributed by atoms with E-state index >= 15 is 0 Å². The molecule has 1 heterocycles. The molecule has 80 valence electrons. The molecule has 0 aromatic carbocycles. The van der Waals surface area contributed by atoms with Crippen molar-refractivity contribution in [1.82, 2.24) is 4.90 Å². The molecule has 0 N–H and O–H groups in total. The number of amides is 1. The second-order valence-electron chi connectivity index (χ2n) is 3.53. The first-order valence-electron chi connectivity index (χ1n) is 5.31. The molecular weight excluding hydrogens is 178 g/mol. The number of hydrogen-bond acceptors (Lipinski definition) is 2. The van der Waals surface area contributed by atoms with Gasteiger partial charge in [-0.05, 0) is 19.3 Å². The number of rotatable bonds is 5. The van der Waals surface area contributed by atoms with Gasteiger partial charge in [0.15, 0.2) is 0 Å². The first-order valence-corrected chi connectivity index (χ1v) is 5.31. The number of allylic oxidation sites excluding steroid dienone is 1. The summed E-state index contributed by atoms with van der Waals surface area (Å²) in [6.07, 6.45) is 5.63. The van der Waals surface area contributed by atoms with Crippen molar-refractivity contribution in [3.05, 3.63) is 12.7 Å². The molecule has 0 bridgehead atoms. The maximum Gasteiger partial charge on any atom is 0.222 e. The van der Waals surface area contributed by atoms with Gasteiger partial charge in [-0.2, -0.15) is 0 Å². The topological polar surface area (TPSA) is 29.5 Å². The van der Waals surface area contributed by atoms with Crippen molar-refractivity contribution in [3.8, 4) is 0 Å². The Morgan fingerprint density at radius 1 is 1.36 bits per heavy atom. The summed E-state index contributed by atoms with van der Waals surface area (Å²) in [5.41, 5.74) is 0. The monoisotopic (exact) mass is 197 g/mol. The van der Waals surface area contributed by atoms with Crippen molar-refractivity contribution in [3.63, 3.8) is 0 Å². The molecule has 0 radical (unpaired) electrons. The van der Waals surface area contributed by atoms with E-state index in [4.69, 9.17) is 4.74 Å². The summed E-state index contributed by atoms with van der Waals surface area (Å²) >= 11 is 0. The quantitative estimate of drug-likeness (QED) is 0.495. The molecule has 1 fully saturated rings. The van der Waals surface area contributed by atoms with Crippen LogP contribution in [0.4, 0.5) is 0 Å². The van der Waals surface area contributed by atoms with Crippen molar-refractivity contribution in [1.29, 1.82) is 0 Å². The largest absolute Gasteiger partial charge is 0.378 e. The molecule has 0 aromatic rings. The van der Waals surface area contributed by atoms with Gasteiger partial charge >= 0.3 is 0 Å². The molecule has 0 aromatic heterocycles. The molecule has 0 saturated carbocycles. The Balaban J connectivity index is 2.10. The molecule has 0 spiro atoms. The van der Waals surface area contributed by atoms with Crippen LogP contribution in [-0.2, 0) is 9.53 Å². The summed E-state index contributed by atoms with van der Waals surface area (Å²) in [6.45, 7) is 6.57. The summed E-state index contributed by atoms with van der Waals surface area (Å²) in [4.78, 5) is 13.5. The van der Waals surface area contributed by atoms with E-state index in [9.17, 15) is 4.79 Å². The van der Waals surface area contributed by atoms with Gasteiger partial charge in [-0.1, -0.05) is 6.08 Å². The van der Waals surface area contributed by atoms with Crippen LogP contribution in [0.1, 0.15) is 25.7 Å². The Morgan fingerprint density at radius 2 is 2.07 bits per heavy atom. The highest BCUT2D eigenvalue weighted by Crippen LogP contribution is 2.05. The summed E-state index contributed by atoms with van der Waals surface area (Å²) in [5, 5.41) is 0. The first kappa shape index (κ1) is 11.2. The third-order valence-electron chi connectivity index (χ3n) is 2.41. The van der Waals surface area contributed by atoms with Crippen LogP contribution < -0.4 is 0 Å². The number of ether oxygens (including phenoxy) is 1. The van der Waals surface area contributed by atoms with Crippen molar-refractivity contribution < 1.29 is 9.53 Å². The molecule has 1 rings (SSSR count). The van der Waals surface area contributed by atoms with Crippen LogP contribution in [0, 0.1) is 0 Å². The molecule has 14 heavy (non-hydrogen) atoms. The molecule has 3 heteroatoms. The average molecular weight is 197 g/mol. The number of morpholine rings is 1. The zero-order valence-corrected chi connectivity index (χ0v) is 8.71. The molecule has 1 amide bonds. The maximum absolute atomic E-state index is 11.6. The van der Waals surface area contributed by atoms with Gasteiger partial charge in [0, 0.05) is 19.5 Å². The predicted molar refractivity (Wildman–Crippen MR) is 56.1 cm³/mol. The molecular formula is C11H19NO2. The number of hydrogen-bond donors (Lipinski definition) is 0. The lowest BCUT2D eigenvalue weighted by molar-refractivity contribution is -0.135. The predicted octanol–water partition coefficient (Wildman–Crippen LogP) is 1.59. The van der Waals surface area contributed by atoms with Crippen LogP contribution in [0.15, 0.2) is 12.7 Å². The van der Waals surface area contributed by atoms with Gasteiger partial charge in [0.25, 0.3) is 0 Å². The van der Waals surface area contributed by atoms with Crippen LogP contribution in [-0.4, -0.2) is 37.1 Å². The second kappa shape index (κ2) is 6.60. The van der Waals surface area contributed by atoms with Crippen LogP contribution in [0.3, 0.4) is 0 Å². The second-order valence-corrected chi connectivity index (χ2v) is 3.53. The summed E-state index contributed by atoms with van der Waals surface area (Å²) in [7, 11) is 0. The van der Waals surface area contributed by atoms with E-state index in [-0.39, 0.29) is 5.91 Å². The average Bonchev–Trinajstić information content (AvgIpc) is 2.25. The fraction of sp³-hybridized carbons (Fsp3) is 0.727. The highest BCUT2D eigenvalue weighted by molar-refractivity contribution is 5.76. The maximum atomic E-state index is 11.6. The summed E-state index contributed by atoms with van der Waals surface area (Å²) in [5.74, 6) is 0.275. The third kappa shape index (κ3) is 3.92. The summed E-state index contributed by atoms with van der Waals surface area (Å²) < 4.78 is 5.19. The molecule has 1 aliphatic heterocycles. The fourth-order valence-electron chi connectivity index (χ4n) is 1.54. The minimum absolute atomic E-state index is 0.275. The van der Waals surface area contributed by atoms with Gasteiger partial charge in [0.2, 0.25) is 5.91 Å². The number of unbranched alkanes of at least 4 members (excludes halogenated alkanes) is 2. The van der Waals surface area contributed by atoms with Crippen molar-refractivity contribution in [2.45, 2.75) is 25.7 Å². The van der Waals surface area contributed by atoms with Crippen molar-refractivity contribution in [2.75, 3.05) is 26.3 Å². The first-order chi connectivity index (χ1) is 6.84. The molecule has 1 aliphatic rings. The van der Waals surface area contributed by atoms with E-state index < -0.39 is 0 Å². The Kier molecular flexibility index (Phi) is 5.30. The minimum atomic E-state index is 0.275. The molecule has 0 unspecified atom stereocenters. The standard InChI is InChI=1S/C11H19NO2/c1-2-3-4-5-6-11(13)12-7-9-14-10-8-12/h2H,1,3-10H2. The van der Waals surface area contributed by atoms with Gasteiger partial charge in [-0.15, -0.1) is 6.58 Å². The van der Waals surface area contributed by atoms with E-state index in [0.29, 0.717) is 19.6 Å². The lowest BCUT2D eigenvalue weighted by Gasteiger charge is -2.26. The smallest absolute Gasteiger partial charge is 0.222 e. The third-order valence-corrected chi connectivity index (χ3v) is 2.41. The molecule has 1 saturated heterocycles. The van der Waals surface area contributed by atoms with Crippen molar-refractivity contribution in [2.24, 2.45) is 0 Å². The SMILES string of the molecule is C=CCCCCC(=O)N1CCOCC1. The Labute approximate surface area is 85.7 Å². The van der Waals surface area contributed by atoms with E-state index in [1.54, 1.807) is 0 Å². The number of carbonyl (C=O) groups is 1. The van der Waals surface area contributed by atoms with Crippen molar-refractivity contribution >= 4 is 5.91 Å². The highest BCUT2D eigenvalue weighted by Gasteiger charge is 2.15. The van der Waals surface area contributed by atoms with E-state index in [0.717, 1.165) is 32.4 Å². The highest BCUT2D eigenvalue weighted by atomic mass is 16.5. The summed E-state index contributed by atoms with van der Waals surface area (Å²) in [6, 6.07) is 0. The normalized spacial score (nSPS) is 16.7. The zero-order valence-electron chi connectivity index (χ0n) is 8.71. The van der Waals surface area contributed by atoms with Gasteiger partial charge in [0.1, 0.15) is 0 Å². The van der Waals surface area contributed by atoms with Gasteiger partial charge < -0.3 is 9.64 Å². The van der Waals surface area contributed by atoms with E-state index in [1.807, 2.05) is 11.0 Å². The van der Waals surface area contributed by atoms with Crippen LogP contribution in [0.5, 0.6) is 0 Å². The van der Waals surface area contributed by atoms with E-state index in [2.05, 4.69) is 6.58 Å². The van der Waals surface area contributed by atoms with Gasteiger partial charge in [-0.3, -0.25) is 4.79 Å². The van der Waals surface area contributed by atoms with Gasteiger partial charge in [-0.25, -0.2) is 0 Å². The van der Waals surface area contributed by atoms with Crippen LogP contribution >= 0.6 is 0 Å². The number of carbonyl (C=O) groups excluding carboxylic acids is 1. The Morgan fingerprint density at radius 3 is 2.71 bits per heavy atom. The zero-order chi connectivity index (χ0) is 10.2. The van der Waals surface area contributed by atoms with E-state index in [1.165, 1.54) is 0 Å². The minimum Gasteiger partial charge on any atom is -0.378 e. The molecule has 3 nitrogen and oxygen atoms in total. The van der Waals surface area contributed by atoms with Crippen LogP contribution in [0.2, 0.25) is 0 Å². The fourth-order valence-corrected chi connectivity index (χ4v) is 1.54. The number of nitrogens with zero attached hydrogens (tertiary/aromatic N) is 1. The Hall–Kier alpha value is -0.830. The van der Waals surface area contributed by atoms with Gasteiger partial charge in [0.05, 0.1) is 13.2 Å². The lowest BCUT2D eigenvalue weighted by atomic mass is 10.2. The Bertz CT molecular complexity index is 186. The molecule has 0 aliphatic carbocycles.